The Morgan fingerprint density at radius 2 is 1.67 bits per heavy atom. The molecule has 2 atom stereocenters. The van der Waals surface area contributed by atoms with Crippen molar-refractivity contribution in [2.45, 2.75) is 77.0 Å². The maximum atomic E-state index is 13.0. The molecule has 1 saturated carbocycles. The van der Waals surface area contributed by atoms with Gasteiger partial charge in [-0.05, 0) is 86.8 Å². The molecule has 1 aliphatic heterocycles. The quantitative estimate of drug-likeness (QED) is 0.519. The number of benzene rings is 2. The van der Waals surface area contributed by atoms with Crippen molar-refractivity contribution in [2.75, 3.05) is 19.6 Å². The van der Waals surface area contributed by atoms with Crippen LogP contribution in [0, 0.1) is 6.92 Å². The van der Waals surface area contributed by atoms with Crippen molar-refractivity contribution in [3.63, 3.8) is 0 Å². The number of nitrogens with zero attached hydrogens (tertiary/aromatic N) is 2. The number of carbonyl (C=O) groups excluding carboxylic acids is 1. The Hall–Kier alpha value is -2.04. The van der Waals surface area contributed by atoms with Gasteiger partial charge in [0.15, 0.2) is 0 Å². The second-order valence-corrected chi connectivity index (χ2v) is 10.6. The average molecular weight is 467 g/mol. The van der Waals surface area contributed by atoms with Crippen LogP contribution < -0.4 is 0 Å². The smallest absolute Gasteiger partial charge is 0.410 e. The summed E-state index contributed by atoms with van der Waals surface area (Å²) in [6.45, 7) is 6.70. The Morgan fingerprint density at radius 3 is 2.39 bits per heavy atom. The van der Waals surface area contributed by atoms with Crippen LogP contribution in [0.5, 0.6) is 0 Å². The maximum Gasteiger partial charge on any atom is 0.410 e. The monoisotopic (exact) mass is 466 g/mol. The number of aryl methyl sites for hydroxylation is 3. The molecule has 0 aromatic heterocycles. The minimum atomic E-state index is -0.127. The van der Waals surface area contributed by atoms with E-state index in [0.29, 0.717) is 6.54 Å². The molecular formula is C28H35ClN2O2. The fourth-order valence-corrected chi connectivity index (χ4v) is 6.19. The van der Waals surface area contributed by atoms with E-state index in [9.17, 15) is 4.79 Å². The topological polar surface area (TPSA) is 32.8 Å². The predicted octanol–water partition coefficient (Wildman–Crippen LogP) is 6.31. The number of fused-ring (bicyclic) bond motifs is 2. The second kappa shape index (κ2) is 9.68. The van der Waals surface area contributed by atoms with Crippen molar-refractivity contribution >= 4 is 17.7 Å². The molecule has 2 fully saturated rings. The molecule has 0 N–H and O–H groups in total. The molecule has 0 bridgehead atoms. The molecule has 2 aromatic rings. The molecule has 3 aliphatic rings. The zero-order valence-corrected chi connectivity index (χ0v) is 20.6. The predicted molar refractivity (Wildman–Crippen MR) is 133 cm³/mol. The molecule has 1 heterocycles. The van der Waals surface area contributed by atoms with Crippen LogP contribution in [0.15, 0.2) is 36.4 Å². The second-order valence-electron chi connectivity index (χ2n) is 10.1. The van der Waals surface area contributed by atoms with Gasteiger partial charge in [0.1, 0.15) is 6.10 Å². The molecule has 2 aromatic carbocycles. The van der Waals surface area contributed by atoms with Gasteiger partial charge in [0.2, 0.25) is 0 Å². The Morgan fingerprint density at radius 1 is 0.970 bits per heavy atom. The van der Waals surface area contributed by atoms with Gasteiger partial charge in [0.25, 0.3) is 0 Å². The molecule has 4 nitrogen and oxygen atoms in total. The minimum absolute atomic E-state index is 0.102. The van der Waals surface area contributed by atoms with Crippen molar-refractivity contribution in [1.82, 2.24) is 9.80 Å². The first-order valence-corrected chi connectivity index (χ1v) is 13.0. The van der Waals surface area contributed by atoms with E-state index in [1.165, 1.54) is 47.1 Å². The van der Waals surface area contributed by atoms with E-state index in [4.69, 9.17) is 16.3 Å². The molecule has 0 spiro atoms. The summed E-state index contributed by atoms with van der Waals surface area (Å²) in [6, 6.07) is 13.6. The van der Waals surface area contributed by atoms with Gasteiger partial charge < -0.3 is 9.64 Å². The van der Waals surface area contributed by atoms with Crippen LogP contribution in [0.3, 0.4) is 0 Å². The maximum absolute atomic E-state index is 13.0. The molecule has 0 radical (unpaired) electrons. The Bertz CT molecular complexity index is 963. The van der Waals surface area contributed by atoms with Crippen molar-refractivity contribution in [3.8, 4) is 0 Å². The van der Waals surface area contributed by atoms with Gasteiger partial charge in [0, 0.05) is 30.7 Å². The number of piperazine rings is 1. The third kappa shape index (κ3) is 4.79. The highest BCUT2D eigenvalue weighted by atomic mass is 35.5. The van der Waals surface area contributed by atoms with Crippen LogP contribution >= 0.6 is 11.6 Å². The Kier molecular flexibility index (Phi) is 6.67. The SMILES string of the molecule is Cc1ccc2c(c1)CCc1cc(Cl)ccc1C2N1CCN(C(=O)OC2CCCCC2)C(C)C1. The lowest BCUT2D eigenvalue weighted by Crippen LogP contribution is -2.55. The first-order valence-electron chi connectivity index (χ1n) is 12.6. The third-order valence-corrected chi connectivity index (χ3v) is 7.97. The van der Waals surface area contributed by atoms with Gasteiger partial charge in [-0.3, -0.25) is 4.90 Å². The number of rotatable bonds is 2. The summed E-state index contributed by atoms with van der Waals surface area (Å²) in [4.78, 5) is 17.5. The number of hydrogen-bond donors (Lipinski definition) is 0. The fourth-order valence-electron chi connectivity index (χ4n) is 5.99. The van der Waals surface area contributed by atoms with Gasteiger partial charge in [0.05, 0.1) is 6.04 Å². The largest absolute Gasteiger partial charge is 0.446 e. The van der Waals surface area contributed by atoms with Crippen LogP contribution in [0.4, 0.5) is 4.79 Å². The number of halogens is 1. The van der Waals surface area contributed by atoms with Gasteiger partial charge in [-0.15, -0.1) is 0 Å². The first-order chi connectivity index (χ1) is 16.0. The van der Waals surface area contributed by atoms with E-state index in [1.807, 2.05) is 11.0 Å². The van der Waals surface area contributed by atoms with Crippen molar-refractivity contribution in [2.24, 2.45) is 0 Å². The number of ether oxygens (including phenoxy) is 1. The summed E-state index contributed by atoms with van der Waals surface area (Å²) in [5.74, 6) is 0. The Labute approximate surface area is 202 Å². The molecule has 176 valence electrons. The molecule has 1 amide bonds. The summed E-state index contributed by atoms with van der Waals surface area (Å²) >= 11 is 6.39. The summed E-state index contributed by atoms with van der Waals surface area (Å²) in [5.41, 5.74) is 6.83. The summed E-state index contributed by atoms with van der Waals surface area (Å²) in [5, 5.41) is 0.804. The molecule has 1 saturated heterocycles. The van der Waals surface area contributed by atoms with E-state index >= 15 is 0 Å². The number of carbonyl (C=O) groups is 1. The molecule has 33 heavy (non-hydrogen) atoms. The highest BCUT2D eigenvalue weighted by Crippen LogP contribution is 2.39. The van der Waals surface area contributed by atoms with Crippen LogP contribution in [-0.2, 0) is 17.6 Å². The van der Waals surface area contributed by atoms with Crippen LogP contribution in [0.2, 0.25) is 5.02 Å². The lowest BCUT2D eigenvalue weighted by atomic mass is 9.91. The molecule has 2 unspecified atom stereocenters. The fraction of sp³-hybridized carbons (Fsp3) is 0.536. The molecule has 2 aliphatic carbocycles. The van der Waals surface area contributed by atoms with E-state index in [0.717, 1.165) is 43.8 Å². The number of hydrogen-bond acceptors (Lipinski definition) is 3. The number of amides is 1. The summed E-state index contributed by atoms with van der Waals surface area (Å²) < 4.78 is 5.89. The van der Waals surface area contributed by atoms with E-state index in [1.54, 1.807) is 0 Å². The van der Waals surface area contributed by atoms with Crippen LogP contribution in [-0.4, -0.2) is 47.7 Å². The summed E-state index contributed by atoms with van der Waals surface area (Å²) in [7, 11) is 0. The van der Waals surface area contributed by atoms with Crippen molar-refractivity contribution < 1.29 is 9.53 Å². The molecular weight excluding hydrogens is 432 g/mol. The lowest BCUT2D eigenvalue weighted by Gasteiger charge is -2.43. The zero-order chi connectivity index (χ0) is 22.9. The van der Waals surface area contributed by atoms with Crippen LogP contribution in [0.25, 0.3) is 0 Å². The van der Waals surface area contributed by atoms with Crippen LogP contribution in [0.1, 0.15) is 72.9 Å². The average Bonchev–Trinajstić information content (AvgIpc) is 2.95. The lowest BCUT2D eigenvalue weighted by molar-refractivity contribution is 0.0127. The summed E-state index contributed by atoms with van der Waals surface area (Å²) in [6.07, 6.45) is 7.64. The normalized spacial score (nSPS) is 24.0. The highest BCUT2D eigenvalue weighted by Gasteiger charge is 2.36. The van der Waals surface area contributed by atoms with E-state index in [-0.39, 0.29) is 24.3 Å². The molecule has 5 heteroatoms. The standard InChI is InChI=1S/C28H35ClN2O2/c1-19-8-12-25-21(16-19)9-10-22-17-23(29)11-13-26(22)27(25)30-14-15-31(20(2)18-30)28(32)33-24-6-4-3-5-7-24/h8,11-13,16-17,20,24,27H,3-7,9-10,14-15,18H2,1-2H3. The third-order valence-electron chi connectivity index (χ3n) is 7.73. The zero-order valence-electron chi connectivity index (χ0n) is 19.9. The van der Waals surface area contributed by atoms with Gasteiger partial charge in [-0.2, -0.15) is 0 Å². The first kappa shape index (κ1) is 22.7. The van der Waals surface area contributed by atoms with Gasteiger partial charge >= 0.3 is 6.09 Å². The molecule has 5 rings (SSSR count). The van der Waals surface area contributed by atoms with Crippen molar-refractivity contribution in [1.29, 1.82) is 0 Å². The highest BCUT2D eigenvalue weighted by molar-refractivity contribution is 6.30. The van der Waals surface area contributed by atoms with E-state index in [2.05, 4.69) is 49.1 Å². The van der Waals surface area contributed by atoms with Crippen molar-refractivity contribution in [3.05, 3.63) is 69.2 Å². The van der Waals surface area contributed by atoms with E-state index < -0.39 is 0 Å². The van der Waals surface area contributed by atoms with Gasteiger partial charge in [-0.25, -0.2) is 4.79 Å². The minimum Gasteiger partial charge on any atom is -0.446 e. The Balaban J connectivity index is 1.38. The van der Waals surface area contributed by atoms with Gasteiger partial charge in [-0.1, -0.05) is 47.9 Å².